The number of carbonyl (C=O) groups is 3. The van der Waals surface area contributed by atoms with Crippen molar-refractivity contribution in [2.45, 2.75) is 58.0 Å². The van der Waals surface area contributed by atoms with Gasteiger partial charge in [-0.25, -0.2) is 0 Å². The third-order valence-electron chi connectivity index (χ3n) is 5.68. The van der Waals surface area contributed by atoms with Crippen LogP contribution in [0.1, 0.15) is 56.3 Å². The molecule has 2 aliphatic rings. The van der Waals surface area contributed by atoms with Crippen LogP contribution >= 0.6 is 15.9 Å². The number of rotatable bonds is 5. The number of halogens is 1. The molecule has 0 aliphatic carbocycles. The molecule has 0 bridgehead atoms. The summed E-state index contributed by atoms with van der Waals surface area (Å²) in [6.07, 6.45) is 3.64. The van der Waals surface area contributed by atoms with E-state index in [0.717, 1.165) is 23.7 Å². The van der Waals surface area contributed by atoms with Crippen molar-refractivity contribution >= 4 is 33.7 Å². The lowest BCUT2D eigenvalue weighted by atomic mass is 10.0. The number of carbonyl (C=O) groups excluding carboxylic acids is 3. The van der Waals surface area contributed by atoms with Crippen molar-refractivity contribution in [2.75, 3.05) is 19.6 Å². The van der Waals surface area contributed by atoms with Crippen LogP contribution in [0.5, 0.6) is 0 Å². The van der Waals surface area contributed by atoms with Gasteiger partial charge in [0.1, 0.15) is 6.04 Å². The molecule has 1 N–H and O–H groups in total. The third kappa shape index (κ3) is 5.59. The number of hydrogen-bond acceptors (Lipinski definition) is 3. The Balaban J connectivity index is 1.53. The monoisotopic (exact) mass is 463 g/mol. The molecule has 2 saturated heterocycles. The molecule has 1 aromatic carbocycles. The highest BCUT2D eigenvalue weighted by atomic mass is 79.9. The number of nitrogens with one attached hydrogen (secondary N) is 1. The molecule has 0 radical (unpaired) electrons. The van der Waals surface area contributed by atoms with Gasteiger partial charge in [-0.2, -0.15) is 0 Å². The molecule has 158 valence electrons. The van der Waals surface area contributed by atoms with E-state index in [9.17, 15) is 14.4 Å². The summed E-state index contributed by atoms with van der Waals surface area (Å²) in [5.74, 6) is 0.396. The van der Waals surface area contributed by atoms with Crippen molar-refractivity contribution in [1.29, 1.82) is 0 Å². The van der Waals surface area contributed by atoms with E-state index < -0.39 is 6.04 Å². The molecule has 1 unspecified atom stereocenters. The number of nitrogens with zero attached hydrogens (tertiary/aromatic N) is 2. The highest BCUT2D eigenvalue weighted by molar-refractivity contribution is 9.10. The maximum Gasteiger partial charge on any atom is 0.254 e. The van der Waals surface area contributed by atoms with Gasteiger partial charge < -0.3 is 15.1 Å². The summed E-state index contributed by atoms with van der Waals surface area (Å²) >= 11 is 3.38. The number of piperidine rings is 1. The molecule has 3 rings (SSSR count). The average Bonchev–Trinajstić information content (AvgIpc) is 3.18. The molecular weight excluding hydrogens is 434 g/mol. The van der Waals surface area contributed by atoms with Gasteiger partial charge in [0, 0.05) is 42.1 Å². The molecule has 29 heavy (non-hydrogen) atoms. The Morgan fingerprint density at radius 3 is 2.34 bits per heavy atom. The first-order valence-corrected chi connectivity index (χ1v) is 11.3. The fourth-order valence-corrected chi connectivity index (χ4v) is 4.35. The fourth-order valence-electron chi connectivity index (χ4n) is 4.09. The van der Waals surface area contributed by atoms with Crippen LogP contribution in [0.15, 0.2) is 28.7 Å². The van der Waals surface area contributed by atoms with Crippen LogP contribution in [0.4, 0.5) is 0 Å². The van der Waals surface area contributed by atoms with Gasteiger partial charge in [-0.3, -0.25) is 14.4 Å². The minimum Gasteiger partial charge on any atom is -0.351 e. The summed E-state index contributed by atoms with van der Waals surface area (Å²) in [4.78, 5) is 41.5. The second kappa shape index (κ2) is 9.74. The van der Waals surface area contributed by atoms with Crippen molar-refractivity contribution in [3.8, 4) is 0 Å². The van der Waals surface area contributed by atoms with Gasteiger partial charge in [0.2, 0.25) is 11.8 Å². The lowest BCUT2D eigenvalue weighted by Gasteiger charge is -2.34. The molecular formula is C22H30BrN3O3. The minimum atomic E-state index is -0.410. The Morgan fingerprint density at radius 1 is 1.07 bits per heavy atom. The van der Waals surface area contributed by atoms with Gasteiger partial charge in [0.25, 0.3) is 5.91 Å². The Bertz CT molecular complexity index is 742. The second-order valence-corrected chi connectivity index (χ2v) is 9.34. The zero-order valence-electron chi connectivity index (χ0n) is 17.2. The minimum absolute atomic E-state index is 0.0656. The maximum absolute atomic E-state index is 12.9. The van der Waals surface area contributed by atoms with Gasteiger partial charge in [-0.1, -0.05) is 29.8 Å². The number of amides is 3. The van der Waals surface area contributed by atoms with Crippen LogP contribution in [0.3, 0.4) is 0 Å². The summed E-state index contributed by atoms with van der Waals surface area (Å²) in [5.41, 5.74) is 0.602. The van der Waals surface area contributed by atoms with Crippen LogP contribution in [-0.4, -0.2) is 59.2 Å². The topological polar surface area (TPSA) is 69.7 Å². The SMILES string of the molecule is CC(C)CC(=O)N1CCC(NC(=O)C2CCCN2C(=O)c2ccc(Br)cc2)CC1. The van der Waals surface area contributed by atoms with E-state index in [1.54, 1.807) is 17.0 Å². The standard InChI is InChI=1S/C22H30BrN3O3/c1-15(2)14-20(27)25-12-9-18(10-13-25)24-21(28)19-4-3-11-26(19)22(29)16-5-7-17(23)8-6-16/h5-8,15,18-19H,3-4,9-14H2,1-2H3,(H,24,28). The van der Waals surface area contributed by atoms with E-state index in [-0.39, 0.29) is 23.8 Å². The Kier molecular flexibility index (Phi) is 7.33. The largest absolute Gasteiger partial charge is 0.351 e. The van der Waals surface area contributed by atoms with E-state index in [4.69, 9.17) is 0 Å². The second-order valence-electron chi connectivity index (χ2n) is 8.43. The zero-order valence-corrected chi connectivity index (χ0v) is 18.8. The van der Waals surface area contributed by atoms with Crippen LogP contribution in [0.25, 0.3) is 0 Å². The normalized spacial score (nSPS) is 20.2. The molecule has 1 aromatic rings. The Morgan fingerprint density at radius 2 is 1.72 bits per heavy atom. The third-order valence-corrected chi connectivity index (χ3v) is 6.21. The van der Waals surface area contributed by atoms with Crippen molar-refractivity contribution < 1.29 is 14.4 Å². The molecule has 0 aromatic heterocycles. The van der Waals surface area contributed by atoms with Gasteiger partial charge in [0.15, 0.2) is 0 Å². The lowest BCUT2D eigenvalue weighted by Crippen LogP contribution is -2.52. The molecule has 3 amide bonds. The van der Waals surface area contributed by atoms with Gasteiger partial charge in [0.05, 0.1) is 0 Å². The first-order chi connectivity index (χ1) is 13.8. The summed E-state index contributed by atoms with van der Waals surface area (Å²) in [7, 11) is 0. The van der Waals surface area contributed by atoms with Gasteiger partial charge in [-0.05, 0) is 55.9 Å². The predicted octanol–water partition coefficient (Wildman–Crippen LogP) is 3.21. The Labute approximate surface area is 181 Å². The van der Waals surface area contributed by atoms with Crippen LogP contribution in [0.2, 0.25) is 0 Å². The van der Waals surface area contributed by atoms with Gasteiger partial charge >= 0.3 is 0 Å². The summed E-state index contributed by atoms with van der Waals surface area (Å²) in [6.45, 7) is 6.07. The van der Waals surface area contributed by atoms with E-state index in [2.05, 4.69) is 21.2 Å². The van der Waals surface area contributed by atoms with Crippen LogP contribution in [-0.2, 0) is 9.59 Å². The number of hydrogen-bond donors (Lipinski definition) is 1. The molecule has 1 atom stereocenters. The van der Waals surface area contributed by atoms with E-state index >= 15 is 0 Å². The van der Waals surface area contributed by atoms with Crippen molar-refractivity contribution in [1.82, 2.24) is 15.1 Å². The number of benzene rings is 1. The number of likely N-dealkylation sites (tertiary alicyclic amines) is 2. The van der Waals surface area contributed by atoms with E-state index in [1.165, 1.54) is 0 Å². The Hall–Kier alpha value is -1.89. The molecule has 6 nitrogen and oxygen atoms in total. The molecule has 2 fully saturated rings. The first-order valence-electron chi connectivity index (χ1n) is 10.5. The molecule has 0 spiro atoms. The van der Waals surface area contributed by atoms with Crippen LogP contribution in [0, 0.1) is 5.92 Å². The van der Waals surface area contributed by atoms with E-state index in [1.807, 2.05) is 30.9 Å². The average molecular weight is 464 g/mol. The maximum atomic E-state index is 12.9. The quantitative estimate of drug-likeness (QED) is 0.728. The van der Waals surface area contributed by atoms with Crippen molar-refractivity contribution in [3.05, 3.63) is 34.3 Å². The smallest absolute Gasteiger partial charge is 0.254 e. The summed E-state index contributed by atoms with van der Waals surface area (Å²) < 4.78 is 0.919. The summed E-state index contributed by atoms with van der Waals surface area (Å²) in [5, 5.41) is 3.13. The van der Waals surface area contributed by atoms with Crippen LogP contribution < -0.4 is 5.32 Å². The van der Waals surface area contributed by atoms with E-state index in [0.29, 0.717) is 44.0 Å². The molecule has 0 saturated carbocycles. The van der Waals surface area contributed by atoms with Crippen molar-refractivity contribution in [2.24, 2.45) is 5.92 Å². The molecule has 2 aliphatic heterocycles. The highest BCUT2D eigenvalue weighted by Crippen LogP contribution is 2.22. The van der Waals surface area contributed by atoms with Crippen molar-refractivity contribution in [3.63, 3.8) is 0 Å². The zero-order chi connectivity index (χ0) is 21.0. The van der Waals surface area contributed by atoms with Gasteiger partial charge in [-0.15, -0.1) is 0 Å². The lowest BCUT2D eigenvalue weighted by molar-refractivity contribution is -0.133. The first kappa shape index (κ1) is 21.8. The predicted molar refractivity (Wildman–Crippen MR) is 115 cm³/mol. The highest BCUT2D eigenvalue weighted by Gasteiger charge is 2.36. The molecule has 2 heterocycles. The molecule has 7 heteroatoms. The summed E-state index contributed by atoms with van der Waals surface area (Å²) in [6, 6.07) is 6.90. The fraction of sp³-hybridized carbons (Fsp3) is 0.591.